The average Bonchev–Trinajstić information content (AvgIpc) is 3.64. The number of methoxy groups -OCH3 is 4. The third-order valence-corrected chi connectivity index (χ3v) is 7.95. The molecule has 11 nitrogen and oxygen atoms in total. The summed E-state index contributed by atoms with van der Waals surface area (Å²) in [6, 6.07) is 13.4. The van der Waals surface area contributed by atoms with E-state index < -0.39 is 41.8 Å². The number of benzene rings is 3. The van der Waals surface area contributed by atoms with E-state index in [1.54, 1.807) is 36.4 Å². The zero-order chi connectivity index (χ0) is 29.5. The van der Waals surface area contributed by atoms with Gasteiger partial charge in [0.15, 0.2) is 23.0 Å². The maximum Gasteiger partial charge on any atom is 0.339 e. The molecular formula is C31H28O11. The Labute approximate surface area is 241 Å². The van der Waals surface area contributed by atoms with Crippen molar-refractivity contribution in [3.8, 4) is 28.7 Å². The fourth-order valence-corrected chi connectivity index (χ4v) is 6.07. The van der Waals surface area contributed by atoms with Crippen molar-refractivity contribution in [3.63, 3.8) is 0 Å². The average molecular weight is 577 g/mol. The lowest BCUT2D eigenvalue weighted by molar-refractivity contribution is -0.141. The van der Waals surface area contributed by atoms with Crippen LogP contribution < -0.4 is 23.7 Å². The number of esters is 3. The van der Waals surface area contributed by atoms with Crippen LogP contribution >= 0.6 is 0 Å². The van der Waals surface area contributed by atoms with Crippen molar-refractivity contribution in [2.24, 2.45) is 11.8 Å². The van der Waals surface area contributed by atoms with E-state index in [9.17, 15) is 14.4 Å². The quantitative estimate of drug-likeness (QED) is 0.299. The molecule has 6 rings (SSSR count). The van der Waals surface area contributed by atoms with E-state index in [2.05, 4.69) is 0 Å². The molecule has 3 aromatic carbocycles. The fraction of sp³-hybridized carbons (Fsp3) is 0.323. The number of cyclic esters (lactones) is 1. The van der Waals surface area contributed by atoms with Crippen molar-refractivity contribution in [1.82, 2.24) is 0 Å². The number of hydrogen-bond acceptors (Lipinski definition) is 11. The number of hydrogen-bond donors (Lipinski definition) is 0. The van der Waals surface area contributed by atoms with Crippen molar-refractivity contribution >= 4 is 17.9 Å². The molecule has 0 radical (unpaired) electrons. The van der Waals surface area contributed by atoms with E-state index in [1.165, 1.54) is 40.6 Å². The topological polar surface area (TPSA) is 125 Å². The highest BCUT2D eigenvalue weighted by Crippen LogP contribution is 2.56. The van der Waals surface area contributed by atoms with Crippen molar-refractivity contribution in [2.45, 2.75) is 12.0 Å². The molecule has 0 spiro atoms. The van der Waals surface area contributed by atoms with Gasteiger partial charge in [-0.25, -0.2) is 9.59 Å². The van der Waals surface area contributed by atoms with Crippen LogP contribution in [0.15, 0.2) is 48.5 Å². The van der Waals surface area contributed by atoms with Gasteiger partial charge in [0.2, 0.25) is 12.5 Å². The Hall–Kier alpha value is -4.93. The predicted octanol–water partition coefficient (Wildman–Crippen LogP) is 4.06. The summed E-state index contributed by atoms with van der Waals surface area (Å²) in [5, 5.41) is 0. The largest absolute Gasteiger partial charge is 0.493 e. The molecule has 3 aliphatic rings. The maximum absolute atomic E-state index is 13.6. The molecule has 0 unspecified atom stereocenters. The Morgan fingerprint density at radius 3 is 2.00 bits per heavy atom. The summed E-state index contributed by atoms with van der Waals surface area (Å²) in [6.07, 6.45) is -0.901. The minimum Gasteiger partial charge on any atom is -0.493 e. The van der Waals surface area contributed by atoms with Crippen LogP contribution in [0.5, 0.6) is 28.7 Å². The number of carbonyl (C=O) groups excluding carboxylic acids is 3. The van der Waals surface area contributed by atoms with E-state index in [0.29, 0.717) is 45.4 Å². The van der Waals surface area contributed by atoms with Crippen molar-refractivity contribution in [1.29, 1.82) is 0 Å². The first-order valence-electron chi connectivity index (χ1n) is 13.2. The van der Waals surface area contributed by atoms with Crippen molar-refractivity contribution < 1.29 is 52.3 Å². The molecular weight excluding hydrogens is 548 g/mol. The zero-order valence-electron chi connectivity index (χ0n) is 23.3. The molecule has 2 heterocycles. The molecule has 1 saturated heterocycles. The van der Waals surface area contributed by atoms with Crippen LogP contribution in [0.3, 0.4) is 0 Å². The first kappa shape index (κ1) is 27.3. The molecule has 0 aromatic heterocycles. The molecule has 1 aliphatic carbocycles. The van der Waals surface area contributed by atoms with E-state index in [4.69, 9.17) is 37.9 Å². The zero-order valence-corrected chi connectivity index (χ0v) is 23.3. The normalized spacial score (nSPS) is 21.5. The second-order valence-corrected chi connectivity index (χ2v) is 9.95. The number of fused-ring (bicyclic) bond motifs is 3. The molecule has 0 N–H and O–H groups in total. The van der Waals surface area contributed by atoms with Crippen LogP contribution in [0.25, 0.3) is 0 Å². The van der Waals surface area contributed by atoms with Gasteiger partial charge in [0.25, 0.3) is 0 Å². The van der Waals surface area contributed by atoms with Gasteiger partial charge in [-0.2, -0.15) is 0 Å². The summed E-state index contributed by atoms with van der Waals surface area (Å²) < 4.78 is 44.6. The molecule has 4 atom stereocenters. The Morgan fingerprint density at radius 2 is 1.40 bits per heavy atom. The summed E-state index contributed by atoms with van der Waals surface area (Å²) in [5.74, 6) is -1.43. The molecule has 218 valence electrons. The molecule has 2 aliphatic heterocycles. The third-order valence-electron chi connectivity index (χ3n) is 7.95. The first-order valence-corrected chi connectivity index (χ1v) is 13.2. The lowest BCUT2D eigenvalue weighted by Crippen LogP contribution is -2.36. The number of rotatable bonds is 7. The van der Waals surface area contributed by atoms with E-state index in [0.717, 1.165) is 0 Å². The van der Waals surface area contributed by atoms with E-state index >= 15 is 0 Å². The second kappa shape index (κ2) is 10.8. The summed E-state index contributed by atoms with van der Waals surface area (Å²) in [7, 11) is 5.78. The summed E-state index contributed by atoms with van der Waals surface area (Å²) in [5.41, 5.74) is 2.13. The maximum atomic E-state index is 13.6. The van der Waals surface area contributed by atoms with Crippen LogP contribution in [-0.2, 0) is 19.0 Å². The monoisotopic (exact) mass is 576 g/mol. The number of ether oxygens (including phenoxy) is 8. The minimum atomic E-state index is -0.901. The van der Waals surface area contributed by atoms with Gasteiger partial charge in [-0.1, -0.05) is 12.1 Å². The molecule has 0 bridgehead atoms. The van der Waals surface area contributed by atoms with Gasteiger partial charge < -0.3 is 37.9 Å². The Balaban J connectivity index is 1.51. The van der Waals surface area contributed by atoms with Crippen LogP contribution in [0.2, 0.25) is 0 Å². The molecule has 0 saturated carbocycles. The predicted molar refractivity (Wildman–Crippen MR) is 144 cm³/mol. The SMILES string of the molecule is COC(=O)c1ccccc1C(=O)O[C@H]1c2cc3c(cc2[C@@H](c2cc(OC)c(OC)c(OC)c2)[C@H]2C(=O)OC[C@@H]21)OCO3. The van der Waals surface area contributed by atoms with Gasteiger partial charge in [-0.05, 0) is 47.5 Å². The van der Waals surface area contributed by atoms with Crippen LogP contribution in [0.1, 0.15) is 49.4 Å². The molecule has 1 fully saturated rings. The molecule has 3 aromatic rings. The lowest BCUT2D eigenvalue weighted by atomic mass is 9.66. The van der Waals surface area contributed by atoms with Gasteiger partial charge in [-0.15, -0.1) is 0 Å². The van der Waals surface area contributed by atoms with Crippen molar-refractivity contribution in [3.05, 3.63) is 76.3 Å². The molecule has 0 amide bonds. The standard InChI is InChI=1S/C31H28O11/c1-35-23-9-15(10-24(36-2)28(23)37-3)25-18-11-21-22(41-14-40-21)12-19(18)27(20-13-39-31(34)26(20)25)42-30(33)17-8-6-5-7-16(17)29(32)38-4/h5-12,20,25-27H,13-14H2,1-4H3/t20-,25+,26-,27-/m0/s1. The Bertz CT molecular complexity index is 1550. The molecule has 11 heteroatoms. The summed E-state index contributed by atoms with van der Waals surface area (Å²) >= 11 is 0. The highest BCUT2D eigenvalue weighted by atomic mass is 16.7. The summed E-state index contributed by atoms with van der Waals surface area (Å²) in [4.78, 5) is 39.4. The first-order chi connectivity index (χ1) is 20.4. The third kappa shape index (κ3) is 4.32. The van der Waals surface area contributed by atoms with Gasteiger partial charge in [-0.3, -0.25) is 4.79 Å². The van der Waals surface area contributed by atoms with Gasteiger partial charge in [0.1, 0.15) is 6.10 Å². The smallest absolute Gasteiger partial charge is 0.339 e. The lowest BCUT2D eigenvalue weighted by Gasteiger charge is -2.38. The highest BCUT2D eigenvalue weighted by Gasteiger charge is 2.54. The van der Waals surface area contributed by atoms with Crippen LogP contribution in [0, 0.1) is 11.8 Å². The van der Waals surface area contributed by atoms with Gasteiger partial charge in [0, 0.05) is 17.4 Å². The second-order valence-electron chi connectivity index (χ2n) is 9.95. The number of carbonyl (C=O) groups is 3. The van der Waals surface area contributed by atoms with Crippen LogP contribution in [-0.4, -0.2) is 59.7 Å². The summed E-state index contributed by atoms with van der Waals surface area (Å²) in [6.45, 7) is 0.0494. The Morgan fingerprint density at radius 1 is 0.786 bits per heavy atom. The van der Waals surface area contributed by atoms with E-state index in [-0.39, 0.29) is 24.5 Å². The molecule has 42 heavy (non-hydrogen) atoms. The minimum absolute atomic E-state index is 0.0227. The Kier molecular flexibility index (Phi) is 7.01. The van der Waals surface area contributed by atoms with Gasteiger partial charge in [0.05, 0.1) is 52.1 Å². The fourth-order valence-electron chi connectivity index (χ4n) is 6.07. The van der Waals surface area contributed by atoms with Gasteiger partial charge >= 0.3 is 17.9 Å². The van der Waals surface area contributed by atoms with Crippen LogP contribution in [0.4, 0.5) is 0 Å². The van der Waals surface area contributed by atoms with Crippen molar-refractivity contribution in [2.75, 3.05) is 41.8 Å². The highest BCUT2D eigenvalue weighted by molar-refractivity contribution is 6.03. The van der Waals surface area contributed by atoms with E-state index in [1.807, 2.05) is 0 Å².